The van der Waals surface area contributed by atoms with Crippen LogP contribution in [0.4, 0.5) is 4.79 Å². The van der Waals surface area contributed by atoms with Gasteiger partial charge in [0.05, 0.1) is 26.0 Å². The molecular formula is C23H38ClNO7. The number of carbonyl (C=O) groups is 2. The van der Waals surface area contributed by atoms with Crippen LogP contribution in [-0.2, 0) is 9.47 Å². The summed E-state index contributed by atoms with van der Waals surface area (Å²) in [7, 11) is 0. The van der Waals surface area contributed by atoms with E-state index < -0.39 is 12.1 Å². The first-order valence-electron chi connectivity index (χ1n) is 11.7. The number of unbranched alkanes of at least 4 members (excludes halogenated alkanes) is 9. The van der Waals surface area contributed by atoms with Crippen LogP contribution in [0, 0.1) is 0 Å². The molecule has 0 atom stereocenters. The minimum Gasteiger partial charge on any atom is -0.490 e. The molecule has 184 valence electrons. The molecule has 0 aliphatic rings. The van der Waals surface area contributed by atoms with Crippen LogP contribution >= 0.6 is 11.6 Å². The molecule has 9 heteroatoms. The van der Waals surface area contributed by atoms with Crippen LogP contribution in [0.1, 0.15) is 95.0 Å². The SMILES string of the molecule is CCCCCCCCCCCCOc1cn(OC(=O)OCCCO)c(C(=O)OCC)c1Cl. The van der Waals surface area contributed by atoms with Gasteiger partial charge in [0.2, 0.25) is 0 Å². The predicted octanol–water partition coefficient (Wildman–Crippen LogP) is 5.57. The van der Waals surface area contributed by atoms with Crippen molar-refractivity contribution in [2.45, 2.75) is 84.5 Å². The van der Waals surface area contributed by atoms with Crippen LogP contribution in [0.25, 0.3) is 0 Å². The van der Waals surface area contributed by atoms with E-state index in [-0.39, 0.29) is 42.7 Å². The topological polar surface area (TPSA) is 96.2 Å². The van der Waals surface area contributed by atoms with E-state index in [0.717, 1.165) is 24.0 Å². The van der Waals surface area contributed by atoms with Crippen molar-refractivity contribution in [2.75, 3.05) is 26.4 Å². The van der Waals surface area contributed by atoms with Gasteiger partial charge in [-0.05, 0) is 13.3 Å². The number of aromatic nitrogens is 1. The Morgan fingerprint density at radius 1 is 0.906 bits per heavy atom. The van der Waals surface area contributed by atoms with E-state index in [9.17, 15) is 9.59 Å². The lowest BCUT2D eigenvalue weighted by Gasteiger charge is -2.08. The minimum absolute atomic E-state index is 0.0127. The molecular weight excluding hydrogens is 438 g/mol. The Balaban J connectivity index is 2.48. The van der Waals surface area contributed by atoms with Crippen LogP contribution in [-0.4, -0.2) is 48.4 Å². The van der Waals surface area contributed by atoms with Gasteiger partial charge in [0, 0.05) is 13.0 Å². The molecule has 1 heterocycles. The number of aliphatic hydroxyl groups is 1. The second kappa shape index (κ2) is 17.6. The van der Waals surface area contributed by atoms with Gasteiger partial charge < -0.3 is 24.2 Å². The summed E-state index contributed by atoms with van der Waals surface area (Å²) >= 11 is 6.29. The highest BCUT2D eigenvalue weighted by atomic mass is 35.5. The number of rotatable bonds is 18. The van der Waals surface area contributed by atoms with E-state index in [1.165, 1.54) is 51.1 Å². The summed E-state index contributed by atoms with van der Waals surface area (Å²) in [6.07, 6.45) is 12.7. The molecule has 1 rings (SSSR count). The monoisotopic (exact) mass is 475 g/mol. The largest absolute Gasteiger partial charge is 0.533 e. The molecule has 0 unspecified atom stereocenters. The maximum absolute atomic E-state index is 12.3. The standard InChI is InChI=1S/C23H38ClNO7/c1-3-5-6-7-8-9-10-11-12-13-16-30-19-18-25(32-23(28)31-17-14-15-26)21(20(19)24)22(27)29-4-2/h18,26H,3-17H2,1-2H3. The average Bonchev–Trinajstić information content (AvgIpc) is 3.07. The molecule has 8 nitrogen and oxygen atoms in total. The Hall–Kier alpha value is -1.93. The predicted molar refractivity (Wildman–Crippen MR) is 122 cm³/mol. The van der Waals surface area contributed by atoms with Gasteiger partial charge >= 0.3 is 12.1 Å². The average molecular weight is 476 g/mol. The molecule has 1 aromatic heterocycles. The van der Waals surface area contributed by atoms with Crippen molar-refractivity contribution in [2.24, 2.45) is 0 Å². The quantitative estimate of drug-likeness (QED) is 0.219. The molecule has 32 heavy (non-hydrogen) atoms. The lowest BCUT2D eigenvalue weighted by molar-refractivity contribution is 0.0338. The molecule has 0 aliphatic heterocycles. The van der Waals surface area contributed by atoms with E-state index in [2.05, 4.69) is 6.92 Å². The fourth-order valence-electron chi connectivity index (χ4n) is 3.09. The molecule has 0 saturated heterocycles. The first kappa shape index (κ1) is 28.1. The van der Waals surface area contributed by atoms with Crippen molar-refractivity contribution in [3.63, 3.8) is 0 Å². The van der Waals surface area contributed by atoms with Gasteiger partial charge in [-0.25, -0.2) is 9.59 Å². The summed E-state index contributed by atoms with van der Waals surface area (Å²) in [6.45, 7) is 4.32. The van der Waals surface area contributed by atoms with Crippen molar-refractivity contribution >= 4 is 23.7 Å². The van der Waals surface area contributed by atoms with Gasteiger partial charge in [-0.1, -0.05) is 76.3 Å². The van der Waals surface area contributed by atoms with Crippen LogP contribution in [0.15, 0.2) is 6.20 Å². The van der Waals surface area contributed by atoms with Gasteiger partial charge in [-0.3, -0.25) is 0 Å². The third-order valence-electron chi connectivity index (χ3n) is 4.80. The lowest BCUT2D eigenvalue weighted by atomic mass is 10.1. The van der Waals surface area contributed by atoms with Gasteiger partial charge in [-0.15, -0.1) is 0 Å². The van der Waals surface area contributed by atoms with Crippen molar-refractivity contribution in [1.29, 1.82) is 0 Å². The number of carbonyl (C=O) groups excluding carboxylic acids is 2. The van der Waals surface area contributed by atoms with Gasteiger partial charge in [0.25, 0.3) is 0 Å². The zero-order chi connectivity index (χ0) is 23.6. The normalized spacial score (nSPS) is 10.8. The van der Waals surface area contributed by atoms with Crippen molar-refractivity contribution < 1.29 is 33.7 Å². The molecule has 1 N–H and O–H groups in total. The van der Waals surface area contributed by atoms with Crippen molar-refractivity contribution in [3.8, 4) is 5.75 Å². The number of hydrogen-bond donors (Lipinski definition) is 1. The molecule has 0 radical (unpaired) electrons. The van der Waals surface area contributed by atoms with Crippen LogP contribution in [0.2, 0.25) is 5.02 Å². The highest BCUT2D eigenvalue weighted by Crippen LogP contribution is 2.31. The Kier molecular flexibility index (Phi) is 15.5. The van der Waals surface area contributed by atoms with Crippen molar-refractivity contribution in [3.05, 3.63) is 16.9 Å². The molecule has 1 aromatic rings. The highest BCUT2D eigenvalue weighted by Gasteiger charge is 2.26. The Morgan fingerprint density at radius 2 is 1.53 bits per heavy atom. The fraction of sp³-hybridized carbons (Fsp3) is 0.739. The van der Waals surface area contributed by atoms with Crippen LogP contribution in [0.3, 0.4) is 0 Å². The molecule has 0 aliphatic carbocycles. The van der Waals surface area contributed by atoms with Crippen LogP contribution < -0.4 is 9.57 Å². The summed E-state index contributed by atoms with van der Waals surface area (Å²) < 4.78 is 16.4. The number of aliphatic hydroxyl groups excluding tert-OH is 1. The Labute approximate surface area is 196 Å². The van der Waals surface area contributed by atoms with E-state index in [1.807, 2.05) is 0 Å². The maximum Gasteiger partial charge on any atom is 0.533 e. The van der Waals surface area contributed by atoms with E-state index in [1.54, 1.807) is 6.92 Å². The summed E-state index contributed by atoms with van der Waals surface area (Å²) in [4.78, 5) is 29.1. The minimum atomic E-state index is -1.03. The molecule has 0 bridgehead atoms. The van der Waals surface area contributed by atoms with Crippen LogP contribution in [0.5, 0.6) is 5.75 Å². The smallest absolute Gasteiger partial charge is 0.490 e. The summed E-state index contributed by atoms with van der Waals surface area (Å²) in [6, 6.07) is 0. The summed E-state index contributed by atoms with van der Waals surface area (Å²) in [5.41, 5.74) is -0.148. The highest BCUT2D eigenvalue weighted by molar-refractivity contribution is 6.34. The van der Waals surface area contributed by atoms with E-state index in [0.29, 0.717) is 6.61 Å². The van der Waals surface area contributed by atoms with Gasteiger partial charge in [0.15, 0.2) is 11.4 Å². The third kappa shape index (κ3) is 11.1. The first-order valence-corrected chi connectivity index (χ1v) is 12.1. The van der Waals surface area contributed by atoms with Gasteiger partial charge in [0.1, 0.15) is 5.02 Å². The zero-order valence-electron chi connectivity index (χ0n) is 19.4. The number of hydrogen-bond acceptors (Lipinski definition) is 7. The van der Waals surface area contributed by atoms with E-state index in [4.69, 9.17) is 35.8 Å². The number of ether oxygens (including phenoxy) is 3. The second-order valence-electron chi connectivity index (χ2n) is 7.50. The second-order valence-corrected chi connectivity index (χ2v) is 7.88. The molecule has 0 amide bonds. The first-order chi connectivity index (χ1) is 15.5. The zero-order valence-corrected chi connectivity index (χ0v) is 20.2. The lowest BCUT2D eigenvalue weighted by Crippen LogP contribution is -2.24. The molecule has 0 saturated carbocycles. The summed E-state index contributed by atoms with van der Waals surface area (Å²) in [5.74, 6) is -0.511. The van der Waals surface area contributed by atoms with E-state index >= 15 is 0 Å². The summed E-state index contributed by atoms with van der Waals surface area (Å²) in [5, 5.41) is 8.77. The fourth-order valence-corrected chi connectivity index (χ4v) is 3.35. The third-order valence-corrected chi connectivity index (χ3v) is 5.16. The molecule has 0 fully saturated rings. The number of halogens is 1. The molecule has 0 aromatic carbocycles. The Bertz CT molecular complexity index is 663. The molecule has 0 spiro atoms. The maximum atomic E-state index is 12.3. The van der Waals surface area contributed by atoms with Crippen molar-refractivity contribution in [1.82, 2.24) is 4.73 Å². The van der Waals surface area contributed by atoms with Gasteiger partial charge in [-0.2, -0.15) is 4.73 Å². The number of esters is 1. The number of nitrogens with zero attached hydrogens (tertiary/aromatic N) is 1. The Morgan fingerprint density at radius 3 is 2.12 bits per heavy atom.